The van der Waals surface area contributed by atoms with E-state index in [1.165, 1.54) is 71.7 Å². The van der Waals surface area contributed by atoms with Crippen LogP contribution in [0.5, 0.6) is 0 Å². The lowest BCUT2D eigenvalue weighted by atomic mass is 9.86. The molecule has 0 fully saturated rings. The highest BCUT2D eigenvalue weighted by Gasteiger charge is 2.21. The lowest BCUT2D eigenvalue weighted by Gasteiger charge is -2.23. The third kappa shape index (κ3) is 4.53. The van der Waals surface area contributed by atoms with Gasteiger partial charge in [-0.2, -0.15) is 0 Å². The summed E-state index contributed by atoms with van der Waals surface area (Å²) < 4.78 is 4.88. The van der Waals surface area contributed by atoms with E-state index in [0.29, 0.717) is 0 Å². The summed E-state index contributed by atoms with van der Waals surface area (Å²) in [7, 11) is 0. The molecule has 0 aliphatic heterocycles. The van der Waals surface area contributed by atoms with Gasteiger partial charge in [-0.1, -0.05) is 102 Å². The van der Waals surface area contributed by atoms with Crippen LogP contribution in [0.3, 0.4) is 0 Å². The molecule has 3 heteroatoms. The Hall–Kier alpha value is -5.15. The highest BCUT2D eigenvalue weighted by molar-refractivity contribution is 6.11. The zero-order valence-corrected chi connectivity index (χ0v) is 27.5. The molecule has 226 valence electrons. The lowest BCUT2D eigenvalue weighted by molar-refractivity contribution is 0.587. The summed E-state index contributed by atoms with van der Waals surface area (Å²) in [6.45, 7) is 13.6. The molecule has 5 aromatic carbocycles. The van der Waals surface area contributed by atoms with Crippen molar-refractivity contribution in [3.05, 3.63) is 139 Å². The lowest BCUT2D eigenvalue weighted by Crippen LogP contribution is -2.13. The van der Waals surface area contributed by atoms with E-state index in [9.17, 15) is 0 Å². The molecule has 3 aromatic heterocycles. The SMILES string of the molecule is CC(C)(C)c1cncc(-c2ccc3c(c2)c2ccccc2n3-c2cc(-n3c4ccccc4c4ccccc43)cc(C(C)(C)C)c2)c1. The van der Waals surface area contributed by atoms with E-state index in [-0.39, 0.29) is 10.8 Å². The molecule has 0 radical (unpaired) electrons. The maximum Gasteiger partial charge on any atom is 0.0541 e. The number of pyridine rings is 1. The Morgan fingerprint density at radius 1 is 0.413 bits per heavy atom. The van der Waals surface area contributed by atoms with Gasteiger partial charge in [-0.25, -0.2) is 0 Å². The molecule has 0 saturated carbocycles. The van der Waals surface area contributed by atoms with Gasteiger partial charge in [-0.05, 0) is 82.1 Å². The van der Waals surface area contributed by atoms with Crippen LogP contribution in [0.2, 0.25) is 0 Å². The van der Waals surface area contributed by atoms with Crippen LogP contribution in [0, 0.1) is 0 Å². The molecule has 0 spiro atoms. The molecule has 0 aliphatic rings. The summed E-state index contributed by atoms with van der Waals surface area (Å²) >= 11 is 0. The van der Waals surface area contributed by atoms with E-state index in [2.05, 4.69) is 171 Å². The molecular weight excluding hydrogens is 558 g/mol. The van der Waals surface area contributed by atoms with Crippen molar-refractivity contribution >= 4 is 43.6 Å². The first-order valence-corrected chi connectivity index (χ1v) is 16.2. The number of benzene rings is 5. The molecule has 46 heavy (non-hydrogen) atoms. The van der Waals surface area contributed by atoms with Crippen LogP contribution in [0.1, 0.15) is 52.7 Å². The second-order valence-corrected chi connectivity index (χ2v) is 14.7. The van der Waals surface area contributed by atoms with E-state index >= 15 is 0 Å². The molecule has 0 unspecified atom stereocenters. The van der Waals surface area contributed by atoms with Gasteiger partial charge in [-0.3, -0.25) is 4.98 Å². The molecule has 8 aromatic rings. The van der Waals surface area contributed by atoms with Gasteiger partial charge in [0.2, 0.25) is 0 Å². The molecule has 0 atom stereocenters. The maximum atomic E-state index is 4.62. The summed E-state index contributed by atoms with van der Waals surface area (Å²) in [4.78, 5) is 4.62. The fourth-order valence-electron chi connectivity index (χ4n) is 6.93. The maximum absolute atomic E-state index is 4.62. The van der Waals surface area contributed by atoms with Crippen molar-refractivity contribution in [2.45, 2.75) is 52.4 Å². The Kier molecular flexibility index (Phi) is 6.27. The van der Waals surface area contributed by atoms with Crippen LogP contribution >= 0.6 is 0 Å². The van der Waals surface area contributed by atoms with Crippen molar-refractivity contribution in [3.63, 3.8) is 0 Å². The van der Waals surface area contributed by atoms with Crippen LogP contribution in [0.25, 0.3) is 66.1 Å². The summed E-state index contributed by atoms with van der Waals surface area (Å²) in [5, 5.41) is 5.04. The summed E-state index contributed by atoms with van der Waals surface area (Å²) in [6, 6.07) is 42.6. The summed E-state index contributed by atoms with van der Waals surface area (Å²) in [5.41, 5.74) is 12.1. The van der Waals surface area contributed by atoms with Gasteiger partial charge in [0, 0.05) is 50.9 Å². The number of aromatic nitrogens is 3. The quantitative estimate of drug-likeness (QED) is 0.199. The van der Waals surface area contributed by atoms with Gasteiger partial charge in [0.25, 0.3) is 0 Å². The van der Waals surface area contributed by atoms with Gasteiger partial charge in [0.05, 0.1) is 22.1 Å². The Bertz CT molecular complexity index is 2390. The predicted molar refractivity (Wildman–Crippen MR) is 196 cm³/mol. The molecule has 0 aliphatic carbocycles. The van der Waals surface area contributed by atoms with Gasteiger partial charge < -0.3 is 9.13 Å². The average molecular weight is 598 g/mol. The Morgan fingerprint density at radius 2 is 0.891 bits per heavy atom. The Labute approximate surface area is 270 Å². The fraction of sp³-hybridized carbons (Fsp3) is 0.186. The normalized spacial score (nSPS) is 12.6. The first-order valence-electron chi connectivity index (χ1n) is 16.2. The molecular formula is C43H39N3. The van der Waals surface area contributed by atoms with Gasteiger partial charge in [-0.15, -0.1) is 0 Å². The molecule has 0 amide bonds. The van der Waals surface area contributed by atoms with E-state index in [1.54, 1.807) is 0 Å². The van der Waals surface area contributed by atoms with Gasteiger partial charge in [0.15, 0.2) is 0 Å². The number of rotatable bonds is 3. The number of hydrogen-bond acceptors (Lipinski definition) is 1. The Balaban J connectivity index is 1.40. The Morgan fingerprint density at radius 3 is 1.41 bits per heavy atom. The zero-order valence-electron chi connectivity index (χ0n) is 27.5. The first kappa shape index (κ1) is 28.3. The molecule has 3 nitrogen and oxygen atoms in total. The minimum atomic E-state index is -0.0411. The molecule has 0 saturated heterocycles. The molecule has 0 bridgehead atoms. The van der Waals surface area contributed by atoms with Gasteiger partial charge >= 0.3 is 0 Å². The number of hydrogen-bond donors (Lipinski definition) is 0. The van der Waals surface area contributed by atoms with Crippen molar-refractivity contribution < 1.29 is 0 Å². The number of nitrogens with zero attached hydrogens (tertiary/aromatic N) is 3. The van der Waals surface area contributed by atoms with E-state index in [1.807, 2.05) is 12.4 Å². The first-order chi connectivity index (χ1) is 22.1. The van der Waals surface area contributed by atoms with Crippen LogP contribution in [0.4, 0.5) is 0 Å². The van der Waals surface area contributed by atoms with E-state index in [0.717, 1.165) is 5.56 Å². The van der Waals surface area contributed by atoms with Crippen LogP contribution in [0.15, 0.2) is 128 Å². The van der Waals surface area contributed by atoms with E-state index in [4.69, 9.17) is 0 Å². The zero-order chi connectivity index (χ0) is 31.8. The van der Waals surface area contributed by atoms with Crippen molar-refractivity contribution in [2.75, 3.05) is 0 Å². The van der Waals surface area contributed by atoms with Crippen molar-refractivity contribution in [2.24, 2.45) is 0 Å². The largest absolute Gasteiger partial charge is 0.309 e. The van der Waals surface area contributed by atoms with Crippen molar-refractivity contribution in [1.29, 1.82) is 0 Å². The third-order valence-corrected chi connectivity index (χ3v) is 9.48. The highest BCUT2D eigenvalue weighted by atomic mass is 15.0. The number of para-hydroxylation sites is 3. The molecule has 3 heterocycles. The number of fused-ring (bicyclic) bond motifs is 6. The van der Waals surface area contributed by atoms with Crippen LogP contribution in [-0.4, -0.2) is 14.1 Å². The predicted octanol–water partition coefficient (Wildman–Crippen LogP) is 11.5. The van der Waals surface area contributed by atoms with Crippen LogP contribution < -0.4 is 0 Å². The fourth-order valence-corrected chi connectivity index (χ4v) is 6.93. The monoisotopic (exact) mass is 597 g/mol. The minimum Gasteiger partial charge on any atom is -0.309 e. The van der Waals surface area contributed by atoms with Crippen molar-refractivity contribution in [1.82, 2.24) is 14.1 Å². The minimum absolute atomic E-state index is 0.0370. The smallest absolute Gasteiger partial charge is 0.0541 e. The second kappa shape index (κ2) is 10.2. The average Bonchev–Trinajstić information content (AvgIpc) is 3.56. The van der Waals surface area contributed by atoms with Crippen LogP contribution in [-0.2, 0) is 10.8 Å². The third-order valence-electron chi connectivity index (χ3n) is 9.48. The molecule has 8 rings (SSSR count). The van der Waals surface area contributed by atoms with Gasteiger partial charge in [0.1, 0.15) is 0 Å². The van der Waals surface area contributed by atoms with E-state index < -0.39 is 0 Å². The summed E-state index contributed by atoms with van der Waals surface area (Å²) in [6.07, 6.45) is 3.98. The highest BCUT2D eigenvalue weighted by Crippen LogP contribution is 2.39. The summed E-state index contributed by atoms with van der Waals surface area (Å²) in [5.74, 6) is 0. The second-order valence-electron chi connectivity index (χ2n) is 14.7. The molecule has 0 N–H and O–H groups in total. The van der Waals surface area contributed by atoms with Crippen molar-refractivity contribution in [3.8, 4) is 22.5 Å². The standard InChI is InChI=1S/C43H39N3/c1-42(2,3)30-23-32(45-38-16-10-7-13-34(38)35-14-8-11-17-39(35)45)25-33(24-30)46-40-18-12-9-15-36(40)37-22-28(19-20-41(37)46)29-21-31(27-44-26-29)43(4,5)6/h7-27H,1-6H3. The topological polar surface area (TPSA) is 22.8 Å².